The van der Waals surface area contributed by atoms with Crippen molar-refractivity contribution >= 4 is 46.3 Å². The second-order valence-electron chi connectivity index (χ2n) is 7.64. The molecule has 9 heteroatoms. The molecule has 7 nitrogen and oxygen atoms in total. The topological polar surface area (TPSA) is 83.6 Å². The Bertz CT molecular complexity index is 1080. The van der Waals surface area contributed by atoms with Crippen LogP contribution in [0.1, 0.15) is 21.1 Å². The number of hydrogen-bond donors (Lipinski definition) is 2. The molecule has 172 valence electrons. The summed E-state index contributed by atoms with van der Waals surface area (Å²) in [4.78, 5) is 32.4. The van der Waals surface area contributed by atoms with Crippen LogP contribution in [0.25, 0.3) is 0 Å². The van der Waals surface area contributed by atoms with Crippen LogP contribution in [0.5, 0.6) is 0 Å². The first-order chi connectivity index (χ1) is 16.0. The van der Waals surface area contributed by atoms with E-state index in [9.17, 15) is 9.59 Å². The number of morpholine rings is 1. The van der Waals surface area contributed by atoms with Gasteiger partial charge in [0.15, 0.2) is 0 Å². The molecule has 0 spiro atoms. The van der Waals surface area contributed by atoms with Crippen molar-refractivity contribution in [3.05, 3.63) is 70.2 Å². The fourth-order valence-electron chi connectivity index (χ4n) is 3.34. The van der Waals surface area contributed by atoms with Crippen LogP contribution in [0.2, 0.25) is 0 Å². The number of nitrogens with zero attached hydrogens (tertiary/aromatic N) is 2. The predicted octanol–water partition coefficient (Wildman–Crippen LogP) is 4.27. The van der Waals surface area contributed by atoms with Crippen LogP contribution in [0.15, 0.2) is 58.8 Å². The van der Waals surface area contributed by atoms with Gasteiger partial charge in [-0.2, -0.15) is 0 Å². The maximum absolute atomic E-state index is 12.6. The minimum absolute atomic E-state index is 0.0587. The number of thioether (sulfide) groups is 1. The van der Waals surface area contributed by atoms with E-state index in [0.29, 0.717) is 36.7 Å². The minimum Gasteiger partial charge on any atom is -0.379 e. The third kappa shape index (κ3) is 7.13. The van der Waals surface area contributed by atoms with E-state index < -0.39 is 0 Å². The van der Waals surface area contributed by atoms with Crippen LogP contribution < -0.4 is 10.6 Å². The van der Waals surface area contributed by atoms with Crippen LogP contribution >= 0.6 is 23.1 Å². The number of aromatic nitrogens is 1. The molecule has 2 heterocycles. The Labute approximate surface area is 201 Å². The number of thiazole rings is 1. The molecule has 0 atom stereocenters. The fourth-order valence-corrected chi connectivity index (χ4v) is 4.85. The van der Waals surface area contributed by atoms with E-state index >= 15 is 0 Å². The zero-order valence-electron chi connectivity index (χ0n) is 18.4. The first-order valence-corrected chi connectivity index (χ1v) is 12.6. The maximum Gasteiger partial charge on any atom is 0.255 e. The molecular weight excluding hydrogens is 456 g/mol. The fraction of sp³-hybridized carbons (Fsp3) is 0.292. The van der Waals surface area contributed by atoms with Gasteiger partial charge >= 0.3 is 0 Å². The summed E-state index contributed by atoms with van der Waals surface area (Å²) in [7, 11) is 0. The van der Waals surface area contributed by atoms with Crippen LogP contribution in [0, 0.1) is 6.92 Å². The molecule has 0 unspecified atom stereocenters. The monoisotopic (exact) mass is 482 g/mol. The van der Waals surface area contributed by atoms with Gasteiger partial charge in [0, 0.05) is 46.1 Å². The molecule has 1 fully saturated rings. The average molecular weight is 483 g/mol. The molecule has 4 rings (SSSR count). The van der Waals surface area contributed by atoms with Crippen molar-refractivity contribution < 1.29 is 14.3 Å². The molecule has 0 bridgehead atoms. The van der Waals surface area contributed by atoms with Crippen LogP contribution in [-0.2, 0) is 15.3 Å². The average Bonchev–Trinajstić information content (AvgIpc) is 3.25. The number of ether oxygens (including phenoxy) is 1. The Morgan fingerprint density at radius 3 is 2.33 bits per heavy atom. The lowest BCUT2D eigenvalue weighted by molar-refractivity contribution is -0.118. The van der Waals surface area contributed by atoms with E-state index in [1.165, 1.54) is 0 Å². The highest BCUT2D eigenvalue weighted by molar-refractivity contribution is 7.98. The summed E-state index contributed by atoms with van der Waals surface area (Å²) in [6, 6.07) is 14.7. The van der Waals surface area contributed by atoms with E-state index in [4.69, 9.17) is 4.74 Å². The minimum atomic E-state index is -0.175. The van der Waals surface area contributed by atoms with Crippen molar-refractivity contribution in [3.8, 4) is 0 Å². The van der Waals surface area contributed by atoms with Crippen LogP contribution in [0.3, 0.4) is 0 Å². The Hall–Kier alpha value is -2.72. The van der Waals surface area contributed by atoms with Gasteiger partial charge in [-0.05, 0) is 55.5 Å². The number of rotatable bonds is 8. The molecule has 1 aromatic heterocycles. The van der Waals surface area contributed by atoms with Crippen molar-refractivity contribution in [2.75, 3.05) is 43.5 Å². The molecule has 0 aliphatic carbocycles. The SMILES string of the molecule is Cc1nc(CSc2ccc(C(=O)Nc3ccc(NC(=O)CN4CCOCC4)cc3)cc2)cs1. The predicted molar refractivity (Wildman–Crippen MR) is 133 cm³/mol. The Kier molecular flexibility index (Phi) is 8.11. The van der Waals surface area contributed by atoms with Crippen LogP contribution in [0.4, 0.5) is 11.4 Å². The number of hydrogen-bond acceptors (Lipinski definition) is 7. The quantitative estimate of drug-likeness (QED) is 0.467. The number of aryl methyl sites for hydroxylation is 1. The normalized spacial score (nSPS) is 14.1. The lowest BCUT2D eigenvalue weighted by Crippen LogP contribution is -2.41. The zero-order valence-corrected chi connectivity index (χ0v) is 20.0. The van der Waals surface area contributed by atoms with E-state index in [0.717, 1.165) is 34.4 Å². The highest BCUT2D eigenvalue weighted by atomic mass is 32.2. The Morgan fingerprint density at radius 2 is 1.70 bits per heavy atom. The molecule has 3 aromatic rings. The van der Waals surface area contributed by atoms with Gasteiger partial charge in [0.05, 0.1) is 30.5 Å². The van der Waals surface area contributed by atoms with E-state index in [1.54, 1.807) is 47.4 Å². The molecule has 33 heavy (non-hydrogen) atoms. The summed E-state index contributed by atoms with van der Waals surface area (Å²) in [5.74, 6) is 0.577. The summed E-state index contributed by atoms with van der Waals surface area (Å²) in [6.07, 6.45) is 0. The molecule has 2 N–H and O–H groups in total. The molecule has 0 radical (unpaired) electrons. The summed E-state index contributed by atoms with van der Waals surface area (Å²) in [6.45, 7) is 5.21. The Morgan fingerprint density at radius 1 is 1.03 bits per heavy atom. The molecule has 2 aromatic carbocycles. The standard InChI is InChI=1S/C24H26N4O3S2/c1-17-25-21(15-32-17)16-33-22-8-2-18(3-9-22)24(30)27-20-6-4-19(5-7-20)26-23(29)14-28-10-12-31-13-11-28/h2-9,15H,10-14,16H2,1H3,(H,26,29)(H,27,30). The van der Waals surface area contributed by atoms with E-state index in [2.05, 4.69) is 25.9 Å². The zero-order chi connectivity index (χ0) is 23.0. The number of carbonyl (C=O) groups excluding carboxylic acids is 2. The summed E-state index contributed by atoms with van der Waals surface area (Å²) in [5, 5.41) is 8.93. The second-order valence-corrected chi connectivity index (χ2v) is 9.75. The first kappa shape index (κ1) is 23.4. The summed E-state index contributed by atoms with van der Waals surface area (Å²) < 4.78 is 5.30. The van der Waals surface area contributed by atoms with E-state index in [1.807, 2.05) is 31.2 Å². The molecule has 2 amide bonds. The lowest BCUT2D eigenvalue weighted by atomic mass is 10.2. The van der Waals surface area contributed by atoms with Gasteiger partial charge in [0.25, 0.3) is 5.91 Å². The van der Waals surface area contributed by atoms with Crippen molar-refractivity contribution in [2.45, 2.75) is 17.6 Å². The summed E-state index contributed by atoms with van der Waals surface area (Å²) >= 11 is 3.35. The highest BCUT2D eigenvalue weighted by Gasteiger charge is 2.14. The highest BCUT2D eigenvalue weighted by Crippen LogP contribution is 2.24. The third-order valence-corrected chi connectivity index (χ3v) is 6.94. The largest absolute Gasteiger partial charge is 0.379 e. The molecule has 0 saturated carbocycles. The van der Waals surface area contributed by atoms with Gasteiger partial charge < -0.3 is 15.4 Å². The molecule has 1 aliphatic heterocycles. The first-order valence-electron chi connectivity index (χ1n) is 10.7. The molecule has 1 aliphatic rings. The van der Waals surface area contributed by atoms with Gasteiger partial charge in [-0.15, -0.1) is 23.1 Å². The van der Waals surface area contributed by atoms with Crippen molar-refractivity contribution in [1.29, 1.82) is 0 Å². The third-order valence-electron chi connectivity index (χ3n) is 5.07. The summed E-state index contributed by atoms with van der Waals surface area (Å²) in [5.41, 5.74) is 3.03. The van der Waals surface area contributed by atoms with Gasteiger partial charge in [0.2, 0.25) is 5.91 Å². The number of anilines is 2. The second kappa shape index (κ2) is 11.4. The van der Waals surface area contributed by atoms with Gasteiger partial charge in [-0.25, -0.2) is 4.98 Å². The number of benzene rings is 2. The maximum atomic E-state index is 12.6. The van der Waals surface area contributed by atoms with Crippen molar-refractivity contribution in [1.82, 2.24) is 9.88 Å². The molecule has 1 saturated heterocycles. The van der Waals surface area contributed by atoms with Crippen molar-refractivity contribution in [3.63, 3.8) is 0 Å². The van der Waals surface area contributed by atoms with Gasteiger partial charge in [-0.1, -0.05) is 0 Å². The number of nitrogens with one attached hydrogen (secondary N) is 2. The van der Waals surface area contributed by atoms with Gasteiger partial charge in [-0.3, -0.25) is 14.5 Å². The lowest BCUT2D eigenvalue weighted by Gasteiger charge is -2.25. The van der Waals surface area contributed by atoms with E-state index in [-0.39, 0.29) is 11.8 Å². The molecular formula is C24H26N4O3S2. The smallest absolute Gasteiger partial charge is 0.255 e. The number of amides is 2. The van der Waals surface area contributed by atoms with Gasteiger partial charge in [0.1, 0.15) is 0 Å². The Balaban J connectivity index is 1.25. The van der Waals surface area contributed by atoms with Crippen molar-refractivity contribution in [2.24, 2.45) is 0 Å². The number of carbonyl (C=O) groups is 2. The van der Waals surface area contributed by atoms with Crippen LogP contribution in [-0.4, -0.2) is 54.5 Å².